The summed E-state index contributed by atoms with van der Waals surface area (Å²) in [5, 5.41) is 12.8. The third-order valence-corrected chi connectivity index (χ3v) is 6.51. The number of nitrogens with zero attached hydrogens (tertiary/aromatic N) is 1. The van der Waals surface area contributed by atoms with Crippen LogP contribution in [0.4, 0.5) is 0 Å². The van der Waals surface area contributed by atoms with E-state index in [1.54, 1.807) is 0 Å². The Kier molecular flexibility index (Phi) is 8.78. The maximum Gasteiger partial charge on any atom is 0.253 e. The molecule has 3 aromatic carbocycles. The van der Waals surface area contributed by atoms with Crippen molar-refractivity contribution in [2.75, 3.05) is 0 Å². The number of benzene rings is 3. The summed E-state index contributed by atoms with van der Waals surface area (Å²) in [4.78, 5) is 20.5. The zero-order valence-corrected chi connectivity index (χ0v) is 17.4. The van der Waals surface area contributed by atoms with Gasteiger partial charge in [0.15, 0.2) is 0 Å². The van der Waals surface area contributed by atoms with Crippen molar-refractivity contribution in [2.45, 2.75) is 12.8 Å². The van der Waals surface area contributed by atoms with Crippen LogP contribution in [0.15, 0.2) is 91.0 Å². The molecule has 0 aromatic heterocycles. The first-order valence-electron chi connectivity index (χ1n) is 8.67. The van der Waals surface area contributed by atoms with Crippen molar-refractivity contribution in [1.29, 1.82) is 0 Å². The van der Waals surface area contributed by atoms with Crippen molar-refractivity contribution < 1.29 is 37.2 Å². The van der Waals surface area contributed by atoms with E-state index in [9.17, 15) is 9.59 Å². The quantitative estimate of drug-likeness (QED) is 0.269. The van der Waals surface area contributed by atoms with Gasteiger partial charge >= 0.3 is 0 Å². The first-order valence-corrected chi connectivity index (χ1v) is 10.0. The van der Waals surface area contributed by atoms with E-state index in [1.807, 2.05) is 0 Å². The molecule has 1 saturated heterocycles. The van der Waals surface area contributed by atoms with E-state index in [4.69, 9.17) is 5.21 Å². The van der Waals surface area contributed by atoms with Crippen LogP contribution < -0.4 is 15.9 Å². The fraction of sp³-hybridized carbons (Fsp3) is 0.0909. The molecule has 0 aliphatic carbocycles. The van der Waals surface area contributed by atoms with Gasteiger partial charge in [0, 0.05) is 35.2 Å². The molecule has 0 bridgehead atoms. The maximum atomic E-state index is 10.2. The fourth-order valence-corrected chi connectivity index (χ4v) is 5.05. The van der Waals surface area contributed by atoms with Crippen molar-refractivity contribution in [1.82, 2.24) is 5.06 Å². The van der Waals surface area contributed by atoms with E-state index < -0.39 is 19.7 Å². The molecule has 1 radical (unpaired) electrons. The molecule has 1 aliphatic rings. The SMILES string of the molecule is O=C1CCC(=O)N1O.[Ag].c1ccc(P(c2ccccc2)c2ccccc2)cc1. The van der Waals surface area contributed by atoms with Crippen molar-refractivity contribution >= 4 is 35.6 Å². The van der Waals surface area contributed by atoms with E-state index in [1.165, 1.54) is 15.9 Å². The summed E-state index contributed by atoms with van der Waals surface area (Å²) in [5.41, 5.74) is 0. The summed E-state index contributed by atoms with van der Waals surface area (Å²) >= 11 is 0. The zero-order valence-electron chi connectivity index (χ0n) is 15.0. The smallest absolute Gasteiger partial charge is 0.253 e. The van der Waals surface area contributed by atoms with Gasteiger partial charge in [0.05, 0.1) is 0 Å². The molecule has 0 spiro atoms. The Hall–Kier alpha value is -2.07. The Morgan fingerprint density at radius 2 is 0.893 bits per heavy atom. The molecule has 28 heavy (non-hydrogen) atoms. The number of carbonyl (C=O) groups is 2. The molecule has 0 unspecified atom stereocenters. The van der Waals surface area contributed by atoms with Crippen molar-refractivity contribution in [2.24, 2.45) is 0 Å². The number of amides is 2. The normalized spacial score (nSPS) is 13.0. The molecule has 1 N–H and O–H groups in total. The third kappa shape index (κ3) is 5.71. The van der Waals surface area contributed by atoms with Crippen LogP contribution in [0.3, 0.4) is 0 Å². The van der Waals surface area contributed by atoms with E-state index in [-0.39, 0.29) is 40.3 Å². The van der Waals surface area contributed by atoms with Gasteiger partial charge in [0.25, 0.3) is 11.8 Å². The molecule has 1 aliphatic heterocycles. The number of carbonyl (C=O) groups excluding carboxylic acids is 2. The van der Waals surface area contributed by atoms with Crippen molar-refractivity contribution in [3.63, 3.8) is 0 Å². The van der Waals surface area contributed by atoms with Gasteiger partial charge in [0.1, 0.15) is 0 Å². The summed E-state index contributed by atoms with van der Waals surface area (Å²) in [7, 11) is -0.446. The van der Waals surface area contributed by atoms with Gasteiger partial charge in [-0.1, -0.05) is 91.0 Å². The number of hydrogen-bond donors (Lipinski definition) is 1. The minimum absolute atomic E-state index is 0. The molecule has 6 heteroatoms. The van der Waals surface area contributed by atoms with Crippen molar-refractivity contribution in [3.8, 4) is 0 Å². The first-order chi connectivity index (χ1) is 13.2. The summed E-state index contributed by atoms with van der Waals surface area (Å²) in [5.74, 6) is -1.01. The monoisotopic (exact) mass is 484 g/mol. The largest absolute Gasteiger partial charge is 0.279 e. The van der Waals surface area contributed by atoms with Crippen molar-refractivity contribution in [3.05, 3.63) is 91.0 Å². The molecular formula is C22H20AgNO3P. The van der Waals surface area contributed by atoms with Crippen LogP contribution in [0.25, 0.3) is 0 Å². The van der Waals surface area contributed by atoms with Crippen LogP contribution in [0, 0.1) is 0 Å². The minimum atomic E-state index is -0.505. The van der Waals surface area contributed by atoms with E-state index >= 15 is 0 Å². The number of hydroxylamine groups is 2. The third-order valence-electron chi connectivity index (χ3n) is 4.07. The topological polar surface area (TPSA) is 57.6 Å². The summed E-state index contributed by atoms with van der Waals surface area (Å²) in [6, 6.07) is 32.3. The van der Waals surface area contributed by atoms with Crippen LogP contribution in [-0.2, 0) is 32.0 Å². The molecule has 0 atom stereocenters. The second-order valence-corrected chi connectivity index (χ2v) is 8.16. The Morgan fingerprint density at radius 1 is 0.607 bits per heavy atom. The summed E-state index contributed by atoms with van der Waals surface area (Å²) in [6.07, 6.45) is 0.296. The van der Waals surface area contributed by atoms with Gasteiger partial charge in [0.2, 0.25) is 0 Å². The Balaban J connectivity index is 0.000000264. The van der Waals surface area contributed by atoms with Crippen LogP contribution in [-0.4, -0.2) is 22.1 Å². The molecule has 0 saturated carbocycles. The number of hydrogen-bond acceptors (Lipinski definition) is 3. The Morgan fingerprint density at radius 3 is 1.11 bits per heavy atom. The Labute approximate surface area is 181 Å². The molecule has 1 fully saturated rings. The molecule has 1 heterocycles. The summed E-state index contributed by atoms with van der Waals surface area (Å²) in [6.45, 7) is 0. The first kappa shape index (κ1) is 22.2. The average molecular weight is 485 g/mol. The predicted molar refractivity (Wildman–Crippen MR) is 108 cm³/mol. The molecule has 4 nitrogen and oxygen atoms in total. The minimum Gasteiger partial charge on any atom is -0.279 e. The van der Waals surface area contributed by atoms with Gasteiger partial charge < -0.3 is 0 Å². The van der Waals surface area contributed by atoms with Crippen LogP contribution in [0.1, 0.15) is 12.8 Å². The molecule has 147 valence electrons. The average Bonchev–Trinajstić information content (AvgIpc) is 3.02. The Bertz CT molecular complexity index is 782. The zero-order chi connectivity index (χ0) is 19.1. The van der Waals surface area contributed by atoms with Gasteiger partial charge in [-0.15, -0.1) is 0 Å². The van der Waals surface area contributed by atoms with Crippen LogP contribution >= 0.6 is 7.92 Å². The second kappa shape index (κ2) is 11.1. The molecule has 2 amide bonds. The fourth-order valence-electron chi connectivity index (χ4n) is 2.74. The van der Waals surface area contributed by atoms with Gasteiger partial charge in [-0.3, -0.25) is 14.8 Å². The molecule has 4 rings (SSSR count). The standard InChI is InChI=1S/C18H15P.C4H5NO3.Ag/c1-4-10-16(11-5-1)19(17-12-6-2-7-13-17)18-14-8-3-9-15-18;6-3-1-2-4(7)5(3)8;/h1-15H;8H,1-2H2;. The van der Waals surface area contributed by atoms with Crippen LogP contribution in [0.2, 0.25) is 0 Å². The van der Waals surface area contributed by atoms with E-state index in [0.717, 1.165) is 0 Å². The second-order valence-electron chi connectivity index (χ2n) is 5.94. The summed E-state index contributed by atoms with van der Waals surface area (Å²) < 4.78 is 0. The molecular weight excluding hydrogens is 465 g/mol. The number of imide groups is 1. The predicted octanol–water partition coefficient (Wildman–Crippen LogP) is 2.97. The van der Waals surface area contributed by atoms with Crippen LogP contribution in [0.5, 0.6) is 0 Å². The number of rotatable bonds is 3. The van der Waals surface area contributed by atoms with Gasteiger partial charge in [-0.05, 0) is 23.8 Å². The van der Waals surface area contributed by atoms with Gasteiger partial charge in [-0.25, -0.2) is 0 Å². The van der Waals surface area contributed by atoms with E-state index in [2.05, 4.69) is 91.0 Å². The molecule has 3 aromatic rings. The van der Waals surface area contributed by atoms with E-state index in [0.29, 0.717) is 0 Å². The van der Waals surface area contributed by atoms with Gasteiger partial charge in [-0.2, -0.15) is 5.06 Å². The maximum absolute atomic E-state index is 10.2.